The maximum atomic E-state index is 12.2. The molecule has 0 radical (unpaired) electrons. The highest BCUT2D eigenvalue weighted by molar-refractivity contribution is 7.16. The number of benzene rings is 1. The molecule has 1 aromatic carbocycles. The quantitative estimate of drug-likeness (QED) is 0.692. The fourth-order valence-corrected chi connectivity index (χ4v) is 3.47. The maximum Gasteiger partial charge on any atom is 0.297 e. The molecule has 3 aromatic rings. The maximum absolute atomic E-state index is 12.2. The van der Waals surface area contributed by atoms with E-state index in [0.717, 1.165) is 5.52 Å². The van der Waals surface area contributed by atoms with Crippen molar-refractivity contribution in [2.45, 2.75) is 13.8 Å². The van der Waals surface area contributed by atoms with Crippen LogP contribution in [0, 0.1) is 13.8 Å². The fourth-order valence-electron chi connectivity index (χ4n) is 2.40. The van der Waals surface area contributed by atoms with Crippen molar-refractivity contribution in [3.05, 3.63) is 46.0 Å². The number of aromatic nitrogens is 3. The molecule has 0 saturated heterocycles. The first-order valence-corrected chi connectivity index (χ1v) is 7.43. The molecular weight excluding hydrogens is 284 g/mol. The molecule has 108 valence electrons. The zero-order valence-electron chi connectivity index (χ0n) is 12.4. The summed E-state index contributed by atoms with van der Waals surface area (Å²) >= 11 is 1.54. The topological polar surface area (TPSA) is 52.2 Å². The smallest absolute Gasteiger partial charge is 0.297 e. The van der Waals surface area contributed by atoms with E-state index >= 15 is 0 Å². The SMILES string of the molecule is Cc1cc(C)c2sc(=NC(=O)c3ccnn3C)n(C)c2c1. The molecule has 6 heteroatoms. The largest absolute Gasteiger partial charge is 0.319 e. The molecule has 5 nitrogen and oxygen atoms in total. The summed E-state index contributed by atoms with van der Waals surface area (Å²) in [4.78, 5) is 17.2. The third-order valence-corrected chi connectivity index (χ3v) is 4.76. The summed E-state index contributed by atoms with van der Waals surface area (Å²) in [5, 5.41) is 4.00. The van der Waals surface area contributed by atoms with Crippen molar-refractivity contribution in [1.29, 1.82) is 0 Å². The number of carbonyl (C=O) groups excluding carboxylic acids is 1. The van der Waals surface area contributed by atoms with Gasteiger partial charge in [-0.1, -0.05) is 17.4 Å². The second kappa shape index (κ2) is 4.96. The zero-order valence-corrected chi connectivity index (χ0v) is 13.2. The van der Waals surface area contributed by atoms with Crippen LogP contribution in [0.1, 0.15) is 21.6 Å². The van der Waals surface area contributed by atoms with E-state index in [1.54, 1.807) is 19.3 Å². The van der Waals surface area contributed by atoms with Gasteiger partial charge in [-0.2, -0.15) is 10.1 Å². The van der Waals surface area contributed by atoms with Crippen molar-refractivity contribution in [3.63, 3.8) is 0 Å². The first-order chi connectivity index (χ1) is 9.97. The van der Waals surface area contributed by atoms with E-state index in [2.05, 4.69) is 36.1 Å². The first-order valence-electron chi connectivity index (χ1n) is 6.61. The molecule has 0 aliphatic rings. The minimum Gasteiger partial charge on any atom is -0.319 e. The Morgan fingerprint density at radius 2 is 2.05 bits per heavy atom. The molecule has 2 aromatic heterocycles. The van der Waals surface area contributed by atoms with Gasteiger partial charge in [-0.15, -0.1) is 0 Å². The summed E-state index contributed by atoms with van der Waals surface area (Å²) < 4.78 is 4.67. The summed E-state index contributed by atoms with van der Waals surface area (Å²) in [5.41, 5.74) is 4.01. The van der Waals surface area contributed by atoms with Gasteiger partial charge in [0.2, 0.25) is 0 Å². The van der Waals surface area contributed by atoms with E-state index in [-0.39, 0.29) is 5.91 Å². The number of nitrogens with zero attached hydrogens (tertiary/aromatic N) is 4. The van der Waals surface area contributed by atoms with E-state index in [1.807, 2.05) is 11.6 Å². The van der Waals surface area contributed by atoms with Crippen LogP contribution < -0.4 is 4.80 Å². The first kappa shape index (κ1) is 13.8. The van der Waals surface area contributed by atoms with Crippen LogP contribution in [-0.4, -0.2) is 20.3 Å². The lowest BCUT2D eigenvalue weighted by Crippen LogP contribution is -2.15. The number of fused-ring (bicyclic) bond motifs is 1. The molecule has 0 spiro atoms. The van der Waals surface area contributed by atoms with Crippen molar-refractivity contribution in [1.82, 2.24) is 14.3 Å². The van der Waals surface area contributed by atoms with Crippen molar-refractivity contribution in [2.24, 2.45) is 19.1 Å². The van der Waals surface area contributed by atoms with Crippen molar-refractivity contribution >= 4 is 27.5 Å². The van der Waals surface area contributed by atoms with Gasteiger partial charge in [0.05, 0.1) is 10.2 Å². The Balaban J connectivity index is 2.19. The van der Waals surface area contributed by atoms with Gasteiger partial charge in [0.1, 0.15) is 5.69 Å². The Kier molecular flexibility index (Phi) is 3.25. The van der Waals surface area contributed by atoms with Crippen LogP contribution in [0.2, 0.25) is 0 Å². The Morgan fingerprint density at radius 1 is 1.29 bits per heavy atom. The number of hydrogen-bond acceptors (Lipinski definition) is 3. The van der Waals surface area contributed by atoms with E-state index in [4.69, 9.17) is 0 Å². The summed E-state index contributed by atoms with van der Waals surface area (Å²) in [6.07, 6.45) is 1.60. The van der Waals surface area contributed by atoms with Gasteiger partial charge in [-0.25, -0.2) is 0 Å². The Labute approximate surface area is 126 Å². The van der Waals surface area contributed by atoms with E-state index < -0.39 is 0 Å². The van der Waals surface area contributed by atoms with Crippen molar-refractivity contribution in [3.8, 4) is 0 Å². The molecule has 1 amide bonds. The number of carbonyl (C=O) groups is 1. The van der Waals surface area contributed by atoms with Gasteiger partial charge >= 0.3 is 0 Å². The predicted octanol–water partition coefficient (Wildman–Crippen LogP) is 2.33. The van der Waals surface area contributed by atoms with E-state index in [9.17, 15) is 4.79 Å². The molecule has 0 aliphatic heterocycles. The Morgan fingerprint density at radius 3 is 2.71 bits per heavy atom. The normalized spacial score (nSPS) is 12.3. The van der Waals surface area contributed by atoms with Crippen LogP contribution in [0.25, 0.3) is 10.2 Å². The third kappa shape index (κ3) is 2.31. The van der Waals surface area contributed by atoms with Gasteiger partial charge in [0.15, 0.2) is 4.80 Å². The minimum absolute atomic E-state index is 0.272. The number of aryl methyl sites for hydroxylation is 4. The van der Waals surface area contributed by atoms with Gasteiger partial charge in [-0.3, -0.25) is 9.48 Å². The molecule has 0 N–H and O–H groups in total. The molecule has 21 heavy (non-hydrogen) atoms. The summed E-state index contributed by atoms with van der Waals surface area (Å²) in [6, 6.07) is 5.94. The number of thiazole rings is 1. The average Bonchev–Trinajstić information content (AvgIpc) is 2.96. The lowest BCUT2D eigenvalue weighted by molar-refractivity contribution is 0.0989. The van der Waals surface area contributed by atoms with E-state index in [1.165, 1.54) is 31.8 Å². The molecule has 3 rings (SSSR count). The molecule has 0 unspecified atom stereocenters. The number of rotatable bonds is 1. The second-order valence-electron chi connectivity index (χ2n) is 5.13. The highest BCUT2D eigenvalue weighted by Gasteiger charge is 2.11. The van der Waals surface area contributed by atoms with Crippen LogP contribution in [0.3, 0.4) is 0 Å². The summed E-state index contributed by atoms with van der Waals surface area (Å²) in [7, 11) is 3.67. The third-order valence-electron chi connectivity index (χ3n) is 3.48. The lowest BCUT2D eigenvalue weighted by atomic mass is 10.1. The molecule has 0 saturated carbocycles. The predicted molar refractivity (Wildman–Crippen MR) is 83.4 cm³/mol. The molecule has 0 atom stereocenters. The average molecular weight is 300 g/mol. The van der Waals surface area contributed by atoms with Crippen LogP contribution in [0.5, 0.6) is 0 Å². The molecule has 2 heterocycles. The standard InChI is InChI=1S/C15H16N4OS/c1-9-7-10(2)13-12(8-9)18(3)15(21-13)17-14(20)11-5-6-16-19(11)4/h5-8H,1-4H3. The number of amides is 1. The van der Waals surface area contributed by atoms with E-state index in [0.29, 0.717) is 10.5 Å². The fraction of sp³-hybridized carbons (Fsp3) is 0.267. The highest BCUT2D eigenvalue weighted by atomic mass is 32.1. The molecular formula is C15H16N4OS. The highest BCUT2D eigenvalue weighted by Crippen LogP contribution is 2.22. The summed E-state index contributed by atoms with van der Waals surface area (Å²) in [5.74, 6) is -0.272. The second-order valence-corrected chi connectivity index (χ2v) is 6.11. The van der Waals surface area contributed by atoms with Crippen LogP contribution >= 0.6 is 11.3 Å². The summed E-state index contributed by atoms with van der Waals surface area (Å²) in [6.45, 7) is 4.15. The van der Waals surface area contributed by atoms with Gasteiger partial charge in [0, 0.05) is 20.3 Å². The van der Waals surface area contributed by atoms with Gasteiger partial charge in [-0.05, 0) is 37.1 Å². The van der Waals surface area contributed by atoms with Gasteiger partial charge < -0.3 is 4.57 Å². The van der Waals surface area contributed by atoms with Crippen LogP contribution in [0.4, 0.5) is 0 Å². The number of hydrogen-bond donors (Lipinski definition) is 0. The Bertz CT molecular complexity index is 914. The van der Waals surface area contributed by atoms with Crippen molar-refractivity contribution in [2.75, 3.05) is 0 Å². The minimum atomic E-state index is -0.272. The van der Waals surface area contributed by atoms with Crippen LogP contribution in [0.15, 0.2) is 29.4 Å². The van der Waals surface area contributed by atoms with Crippen molar-refractivity contribution < 1.29 is 4.79 Å². The monoisotopic (exact) mass is 300 g/mol. The molecule has 0 fully saturated rings. The van der Waals surface area contributed by atoms with Crippen LogP contribution in [-0.2, 0) is 14.1 Å². The molecule has 0 aliphatic carbocycles. The lowest BCUT2D eigenvalue weighted by Gasteiger charge is -2.00. The van der Waals surface area contributed by atoms with Gasteiger partial charge in [0.25, 0.3) is 5.91 Å². The molecule has 0 bridgehead atoms. The zero-order chi connectivity index (χ0) is 15.1. The Hall–Kier alpha value is -2.21.